The Balaban J connectivity index is 1.77. The first kappa shape index (κ1) is 23.2. The van der Waals surface area contributed by atoms with Crippen molar-refractivity contribution in [2.75, 3.05) is 25.5 Å². The Hall–Kier alpha value is -2.42. The predicted molar refractivity (Wildman–Crippen MR) is 119 cm³/mol. The minimum absolute atomic E-state index is 0.149. The second kappa shape index (κ2) is 9.38. The van der Waals surface area contributed by atoms with Gasteiger partial charge >= 0.3 is 5.97 Å². The number of nitrogens with one attached hydrogen (secondary N) is 1. The van der Waals surface area contributed by atoms with Gasteiger partial charge in [-0.15, -0.1) is 0 Å². The highest BCUT2D eigenvalue weighted by Gasteiger charge is 2.31. The zero-order chi connectivity index (χ0) is 22.8. The first-order valence-electron chi connectivity index (χ1n) is 9.91. The van der Waals surface area contributed by atoms with Gasteiger partial charge in [0.2, 0.25) is 10.0 Å². The second-order valence-electron chi connectivity index (χ2n) is 7.93. The maximum Gasteiger partial charge on any atom is 0.337 e. The maximum absolute atomic E-state index is 13.0. The van der Waals surface area contributed by atoms with E-state index in [9.17, 15) is 18.0 Å². The molecular formula is C22H25ClN2O5S. The largest absolute Gasteiger partial charge is 0.465 e. The molecule has 0 aromatic heterocycles. The molecule has 3 rings (SSSR count). The number of benzene rings is 2. The summed E-state index contributed by atoms with van der Waals surface area (Å²) in [4.78, 5) is 24.5. The third-order valence-electron chi connectivity index (χ3n) is 5.23. The fourth-order valence-electron chi connectivity index (χ4n) is 3.79. The lowest BCUT2D eigenvalue weighted by molar-refractivity contribution is 0.0600. The summed E-state index contributed by atoms with van der Waals surface area (Å²) in [5.74, 6) is -0.431. The molecule has 0 aliphatic carbocycles. The fourth-order valence-corrected chi connectivity index (χ4v) is 5.63. The number of ether oxygens (including phenoxy) is 1. The maximum atomic E-state index is 13.0. The Kier molecular flexibility index (Phi) is 7.03. The van der Waals surface area contributed by atoms with Crippen LogP contribution in [0.3, 0.4) is 0 Å². The zero-order valence-corrected chi connectivity index (χ0v) is 19.2. The molecule has 1 saturated heterocycles. The Morgan fingerprint density at radius 1 is 1.03 bits per heavy atom. The summed E-state index contributed by atoms with van der Waals surface area (Å²) in [7, 11) is -2.36. The highest BCUT2D eigenvalue weighted by atomic mass is 35.5. The van der Waals surface area contributed by atoms with Crippen molar-refractivity contribution in [3.63, 3.8) is 0 Å². The molecule has 1 aliphatic heterocycles. The summed E-state index contributed by atoms with van der Waals surface area (Å²) in [6.07, 6.45) is 1.00. The monoisotopic (exact) mass is 464 g/mol. The van der Waals surface area contributed by atoms with Gasteiger partial charge in [0.15, 0.2) is 0 Å². The lowest BCUT2D eigenvalue weighted by Crippen LogP contribution is -2.42. The number of hydrogen-bond acceptors (Lipinski definition) is 5. The van der Waals surface area contributed by atoms with Gasteiger partial charge in [-0.3, -0.25) is 4.79 Å². The molecule has 2 aromatic rings. The molecule has 2 aromatic carbocycles. The summed E-state index contributed by atoms with van der Waals surface area (Å²) in [6, 6.07) is 10.2. The smallest absolute Gasteiger partial charge is 0.337 e. The van der Waals surface area contributed by atoms with Gasteiger partial charge in [-0.25, -0.2) is 13.2 Å². The number of esters is 1. The van der Waals surface area contributed by atoms with Crippen LogP contribution in [-0.2, 0) is 14.8 Å². The molecule has 0 spiro atoms. The van der Waals surface area contributed by atoms with Gasteiger partial charge in [0.25, 0.3) is 5.91 Å². The van der Waals surface area contributed by atoms with Crippen LogP contribution < -0.4 is 5.32 Å². The van der Waals surface area contributed by atoms with Crippen LogP contribution in [0.4, 0.5) is 5.69 Å². The van der Waals surface area contributed by atoms with Crippen LogP contribution in [0.25, 0.3) is 0 Å². The van der Waals surface area contributed by atoms with E-state index < -0.39 is 21.9 Å². The van der Waals surface area contributed by atoms with Crippen molar-refractivity contribution in [3.8, 4) is 0 Å². The Morgan fingerprint density at radius 3 is 2.19 bits per heavy atom. The van der Waals surface area contributed by atoms with E-state index in [4.69, 9.17) is 11.6 Å². The van der Waals surface area contributed by atoms with E-state index in [0.717, 1.165) is 6.42 Å². The molecule has 1 heterocycles. The van der Waals surface area contributed by atoms with Crippen LogP contribution in [0.2, 0.25) is 5.02 Å². The Morgan fingerprint density at radius 2 is 1.61 bits per heavy atom. The summed E-state index contributed by atoms with van der Waals surface area (Å²) in [5.41, 5.74) is 0.759. The van der Waals surface area contributed by atoms with E-state index >= 15 is 0 Å². The second-order valence-corrected chi connectivity index (χ2v) is 10.3. The van der Waals surface area contributed by atoms with Gasteiger partial charge < -0.3 is 10.1 Å². The van der Waals surface area contributed by atoms with Crippen molar-refractivity contribution in [2.45, 2.75) is 25.2 Å². The molecule has 0 bridgehead atoms. The third kappa shape index (κ3) is 5.26. The van der Waals surface area contributed by atoms with Crippen molar-refractivity contribution in [1.29, 1.82) is 0 Å². The number of anilines is 1. The molecule has 0 radical (unpaired) electrons. The molecule has 1 N–H and O–H groups in total. The number of halogens is 1. The highest BCUT2D eigenvalue weighted by molar-refractivity contribution is 7.89. The van der Waals surface area contributed by atoms with Crippen LogP contribution >= 0.6 is 11.6 Å². The number of hydrogen-bond donors (Lipinski definition) is 1. The van der Waals surface area contributed by atoms with Gasteiger partial charge in [0.05, 0.1) is 28.3 Å². The lowest BCUT2D eigenvalue weighted by Gasteiger charge is -2.34. The van der Waals surface area contributed by atoms with Crippen LogP contribution in [0.1, 0.15) is 41.0 Å². The van der Waals surface area contributed by atoms with Crippen LogP contribution in [0.15, 0.2) is 47.4 Å². The average Bonchev–Trinajstić information content (AvgIpc) is 2.74. The van der Waals surface area contributed by atoms with E-state index in [2.05, 4.69) is 10.1 Å². The third-order valence-corrected chi connectivity index (χ3v) is 7.40. The van der Waals surface area contributed by atoms with Crippen LogP contribution in [-0.4, -0.2) is 44.8 Å². The van der Waals surface area contributed by atoms with Crippen LogP contribution in [0.5, 0.6) is 0 Å². The molecule has 1 aliphatic rings. The topological polar surface area (TPSA) is 92.8 Å². The van der Waals surface area contributed by atoms with Crippen molar-refractivity contribution >= 4 is 39.2 Å². The average molecular weight is 465 g/mol. The number of carbonyl (C=O) groups excluding carboxylic acids is 2. The van der Waals surface area contributed by atoms with Crippen molar-refractivity contribution in [2.24, 2.45) is 11.8 Å². The summed E-state index contributed by atoms with van der Waals surface area (Å²) in [5, 5.41) is 2.90. The first-order valence-corrected chi connectivity index (χ1v) is 11.7. The van der Waals surface area contributed by atoms with Crippen molar-refractivity contribution < 1.29 is 22.7 Å². The number of carbonyl (C=O) groups is 2. The molecule has 1 fully saturated rings. The molecule has 31 heavy (non-hydrogen) atoms. The molecule has 2 atom stereocenters. The molecule has 2 unspecified atom stereocenters. The molecule has 7 nitrogen and oxygen atoms in total. The summed E-state index contributed by atoms with van der Waals surface area (Å²) in [6.45, 7) is 5.08. The van der Waals surface area contributed by atoms with E-state index in [1.807, 2.05) is 13.8 Å². The SMILES string of the molecule is COC(=O)c1ccc(Cl)c(NC(=O)c2ccc(S(=O)(=O)N3CC(C)CC(C)C3)cc2)c1. The van der Waals surface area contributed by atoms with Crippen LogP contribution in [0, 0.1) is 11.8 Å². The van der Waals surface area contributed by atoms with E-state index in [1.54, 1.807) is 0 Å². The Bertz CT molecular complexity index is 1080. The highest BCUT2D eigenvalue weighted by Crippen LogP contribution is 2.27. The molecule has 1 amide bonds. The van der Waals surface area contributed by atoms with Gasteiger partial charge in [-0.2, -0.15) is 4.31 Å². The Labute approximate surface area is 187 Å². The van der Waals surface area contributed by atoms with Crippen molar-refractivity contribution in [3.05, 3.63) is 58.6 Å². The lowest BCUT2D eigenvalue weighted by atomic mass is 9.94. The van der Waals surface area contributed by atoms with Gasteiger partial charge in [-0.1, -0.05) is 25.4 Å². The number of sulfonamides is 1. The molecular weight excluding hydrogens is 440 g/mol. The minimum atomic E-state index is -3.62. The zero-order valence-electron chi connectivity index (χ0n) is 17.6. The van der Waals surface area contributed by atoms with Gasteiger partial charge in [0, 0.05) is 18.7 Å². The van der Waals surface area contributed by atoms with E-state index in [0.29, 0.717) is 24.9 Å². The van der Waals surface area contributed by atoms with E-state index in [-0.39, 0.29) is 26.7 Å². The van der Waals surface area contributed by atoms with Gasteiger partial charge in [0.1, 0.15) is 0 Å². The molecule has 9 heteroatoms. The number of methoxy groups -OCH3 is 1. The fraction of sp³-hybridized carbons (Fsp3) is 0.364. The van der Waals surface area contributed by atoms with E-state index in [1.165, 1.54) is 53.9 Å². The molecule has 166 valence electrons. The van der Waals surface area contributed by atoms with Crippen molar-refractivity contribution in [1.82, 2.24) is 4.31 Å². The summed E-state index contributed by atoms with van der Waals surface area (Å²) >= 11 is 6.12. The number of amides is 1. The standard InChI is InChI=1S/C22H25ClN2O5S/c1-14-10-15(2)13-25(12-14)31(28,29)18-7-4-16(5-8-18)21(26)24-20-11-17(22(27)30-3)6-9-19(20)23/h4-9,11,14-15H,10,12-13H2,1-3H3,(H,24,26). The number of piperidine rings is 1. The number of nitrogens with zero attached hydrogens (tertiary/aromatic N) is 1. The molecule has 0 saturated carbocycles. The predicted octanol–water partition coefficient (Wildman–Crippen LogP) is 4.05. The minimum Gasteiger partial charge on any atom is -0.465 e. The first-order chi connectivity index (χ1) is 14.6. The quantitative estimate of drug-likeness (QED) is 0.674. The van der Waals surface area contributed by atoms with Gasteiger partial charge in [-0.05, 0) is 60.7 Å². The normalized spacial score (nSPS) is 19.6. The summed E-state index contributed by atoms with van der Waals surface area (Å²) < 4.78 is 32.2. The number of rotatable bonds is 5.